The fraction of sp³-hybridized carbons (Fsp3) is 0. The summed E-state index contributed by atoms with van der Waals surface area (Å²) in [4.78, 5) is -2.92. The van der Waals surface area contributed by atoms with Gasteiger partial charge < -0.3 is 0 Å². The Kier molecular flexibility index (Phi) is 14.5. The highest BCUT2D eigenvalue weighted by molar-refractivity contribution is 7.93. The van der Waals surface area contributed by atoms with E-state index in [4.69, 9.17) is 46.4 Å². The number of hydrogen-bond acceptors (Lipinski definition) is 12. The van der Waals surface area contributed by atoms with Gasteiger partial charge in [-0.3, -0.25) is 28.0 Å². The van der Waals surface area contributed by atoms with E-state index in [1.165, 1.54) is 24.3 Å². The number of sulfonamides is 4. The first kappa shape index (κ1) is 50.5. The Morgan fingerprint density at radius 1 is 0.333 bits per heavy atom. The van der Waals surface area contributed by atoms with E-state index in [1.54, 1.807) is 0 Å². The summed E-state index contributed by atoms with van der Waals surface area (Å²) in [6.45, 7) is 0. The number of halogens is 4. The highest BCUT2D eigenvalue weighted by Crippen LogP contribution is 2.31. The second kappa shape index (κ2) is 19.0. The van der Waals surface area contributed by atoms with Crippen LogP contribution in [-0.4, -0.2) is 59.6 Å². The smallest absolute Gasteiger partial charge is 0.282 e. The van der Waals surface area contributed by atoms with Crippen molar-refractivity contribution in [1.29, 1.82) is 0 Å². The van der Waals surface area contributed by atoms with Crippen LogP contribution in [0.3, 0.4) is 0 Å². The number of anilines is 4. The molecule has 0 spiro atoms. The number of rotatable bonds is 16. The maximum atomic E-state index is 13.2. The van der Waals surface area contributed by atoms with Crippen LogP contribution in [0.4, 0.5) is 22.7 Å². The molecule has 0 aliphatic carbocycles. The molecule has 0 saturated carbocycles. The van der Waals surface area contributed by atoms with Gasteiger partial charge in [0.05, 0.1) is 51.0 Å². The maximum Gasteiger partial charge on any atom is 0.295 e. The first-order valence-corrected chi connectivity index (χ1v) is 28.0. The van der Waals surface area contributed by atoms with Gasteiger partial charge in [-0.15, -0.1) is 0 Å². The summed E-state index contributed by atoms with van der Waals surface area (Å²) in [6, 6.07) is 21.8. The van der Waals surface area contributed by atoms with Crippen LogP contribution in [0.5, 0.6) is 0 Å². The first-order valence-electron chi connectivity index (χ1n) is 17.7. The lowest BCUT2D eigenvalue weighted by atomic mass is 10.1. The molecular weight excluding hydrogens is 1070 g/mol. The van der Waals surface area contributed by atoms with Crippen molar-refractivity contribution >= 4 is 142 Å². The second-order valence-corrected chi connectivity index (χ2v) is 24.5. The van der Waals surface area contributed by atoms with Crippen LogP contribution in [0.1, 0.15) is 11.1 Å². The summed E-state index contributed by atoms with van der Waals surface area (Å²) >= 11 is 23.5. The molecule has 28 heteroatoms. The van der Waals surface area contributed by atoms with E-state index in [9.17, 15) is 59.6 Å². The second-order valence-electron chi connectivity index (χ2n) is 13.4. The highest BCUT2D eigenvalue weighted by atomic mass is 35.5. The summed E-state index contributed by atoms with van der Waals surface area (Å²) < 4.78 is 183. The minimum atomic E-state index is -5.11. The van der Waals surface area contributed by atoms with E-state index in [0.717, 1.165) is 109 Å². The molecule has 0 fully saturated rings. The van der Waals surface area contributed by atoms with Gasteiger partial charge in [0.25, 0.3) is 60.3 Å². The van der Waals surface area contributed by atoms with E-state index in [0.29, 0.717) is 0 Å². The molecule has 0 unspecified atom stereocenters. The summed E-state index contributed by atoms with van der Waals surface area (Å²) in [5.74, 6) is 0. The quantitative estimate of drug-likeness (QED) is 0.0394. The topological polar surface area (TPSA) is 293 Å². The fourth-order valence-corrected chi connectivity index (χ4v) is 12.1. The lowest BCUT2D eigenvalue weighted by molar-refractivity contribution is 0.480. The predicted octanol–water partition coefficient (Wildman–Crippen LogP) is 8.17. The molecule has 6 rings (SSSR count). The van der Waals surface area contributed by atoms with Crippen molar-refractivity contribution < 1.29 is 59.6 Å². The molecule has 348 valence electrons. The van der Waals surface area contributed by atoms with Crippen molar-refractivity contribution in [3.63, 3.8) is 0 Å². The minimum Gasteiger partial charge on any atom is -0.282 e. The van der Waals surface area contributed by atoms with Crippen molar-refractivity contribution in [3.8, 4) is 0 Å². The lowest BCUT2D eigenvalue weighted by Crippen LogP contribution is -2.15. The SMILES string of the molecule is O=S(=O)(O)c1cc(NS(=O)(=O)c2ccc(NS(=O)(=O)c3ccc(Cl)c(Cl)c3)cc2)ccc1/C=C/c1ccc(NS(=O)(=O)c2ccc(NS(=O)(=O)c3ccc(Cl)c(Cl)c3)cc2)cc1S(=O)(=O)O. The van der Waals surface area contributed by atoms with Gasteiger partial charge in [-0.25, -0.2) is 33.7 Å². The predicted molar refractivity (Wildman–Crippen MR) is 250 cm³/mol. The zero-order valence-corrected chi connectivity index (χ0v) is 40.4. The molecule has 0 bridgehead atoms. The molecule has 0 heterocycles. The van der Waals surface area contributed by atoms with Gasteiger partial charge in [0.15, 0.2) is 0 Å². The van der Waals surface area contributed by atoms with Crippen LogP contribution in [0, 0.1) is 0 Å². The Morgan fingerprint density at radius 2 is 0.606 bits per heavy atom. The Bertz CT molecular complexity index is 3400. The number of hydrogen-bond donors (Lipinski definition) is 6. The third-order valence-electron chi connectivity index (χ3n) is 8.77. The largest absolute Gasteiger partial charge is 0.295 e. The van der Waals surface area contributed by atoms with E-state index in [1.807, 2.05) is 0 Å². The van der Waals surface area contributed by atoms with E-state index in [-0.39, 0.29) is 73.5 Å². The van der Waals surface area contributed by atoms with Gasteiger partial charge in [-0.05, 0) is 120 Å². The van der Waals surface area contributed by atoms with Crippen molar-refractivity contribution in [2.45, 2.75) is 29.4 Å². The van der Waals surface area contributed by atoms with Crippen LogP contribution in [0.15, 0.2) is 151 Å². The molecule has 6 aromatic carbocycles. The fourth-order valence-electron chi connectivity index (χ4n) is 5.65. The van der Waals surface area contributed by atoms with Crippen molar-refractivity contribution in [2.24, 2.45) is 0 Å². The molecule has 66 heavy (non-hydrogen) atoms. The third kappa shape index (κ3) is 12.1. The van der Waals surface area contributed by atoms with E-state index < -0.39 is 70.1 Å². The average Bonchev–Trinajstić information content (AvgIpc) is 3.21. The summed E-state index contributed by atoms with van der Waals surface area (Å²) in [5.41, 5.74) is -1.39. The monoisotopic (exact) mass is 1100 g/mol. The molecule has 0 saturated heterocycles. The van der Waals surface area contributed by atoms with Gasteiger partial charge in [0, 0.05) is 11.4 Å². The van der Waals surface area contributed by atoms with Crippen molar-refractivity contribution in [1.82, 2.24) is 0 Å². The lowest BCUT2D eigenvalue weighted by Gasteiger charge is -2.13. The molecule has 0 amide bonds. The molecule has 0 radical (unpaired) electrons. The summed E-state index contributed by atoms with van der Waals surface area (Å²) in [7, 11) is -27.5. The van der Waals surface area contributed by atoms with Crippen molar-refractivity contribution in [3.05, 3.63) is 153 Å². The van der Waals surface area contributed by atoms with E-state index in [2.05, 4.69) is 18.9 Å². The van der Waals surface area contributed by atoms with Gasteiger partial charge in [-0.1, -0.05) is 70.7 Å². The normalized spacial score (nSPS) is 12.8. The van der Waals surface area contributed by atoms with Gasteiger partial charge in [-0.2, -0.15) is 16.8 Å². The molecule has 0 aliphatic heterocycles. The van der Waals surface area contributed by atoms with Crippen LogP contribution in [0.2, 0.25) is 20.1 Å². The highest BCUT2D eigenvalue weighted by Gasteiger charge is 2.23. The molecule has 0 aliphatic rings. The van der Waals surface area contributed by atoms with Gasteiger partial charge >= 0.3 is 0 Å². The molecular formula is C38H28Cl4N4O14S6. The number of nitrogens with one attached hydrogen (secondary N) is 4. The number of benzene rings is 6. The zero-order valence-electron chi connectivity index (χ0n) is 32.5. The standard InChI is InChI=1S/C38H28Cl4N4O14S6/c39-33-17-15-31(21-35(33)41)63(51,52)43-25-7-11-29(12-8-25)61(47,48)45-27-5-3-23(37(19-27)65(55,56)57)1-2-24-4-6-28(20-38(24)66(58,59)60)46-62(49,50)30-13-9-26(10-14-30)44-64(53,54)32-16-18-34(40)36(42)22-32/h1-22,43-46H,(H,55,56,57)(H,58,59,60)/b2-1+. The molecule has 6 N–H and O–H groups in total. The third-order valence-corrected chi connectivity index (χ3v) is 17.6. The first-order chi connectivity index (χ1) is 30.5. The maximum absolute atomic E-state index is 13.2. The Hall–Kier alpha value is -4.96. The Morgan fingerprint density at radius 3 is 0.909 bits per heavy atom. The molecule has 6 aromatic rings. The van der Waals surface area contributed by atoms with Crippen LogP contribution in [-0.2, 0) is 60.3 Å². The van der Waals surface area contributed by atoms with E-state index >= 15 is 0 Å². The Labute approximate surface area is 398 Å². The average molecular weight is 1100 g/mol. The van der Waals surface area contributed by atoms with Crippen LogP contribution in [0.25, 0.3) is 12.2 Å². The van der Waals surface area contributed by atoms with Crippen LogP contribution >= 0.6 is 46.4 Å². The van der Waals surface area contributed by atoms with Gasteiger partial charge in [0.1, 0.15) is 9.79 Å². The molecule has 0 atom stereocenters. The van der Waals surface area contributed by atoms with Crippen LogP contribution < -0.4 is 18.9 Å². The minimum absolute atomic E-state index is 0.0183. The Balaban J connectivity index is 1.18. The van der Waals surface area contributed by atoms with Crippen molar-refractivity contribution in [2.75, 3.05) is 18.9 Å². The zero-order chi connectivity index (χ0) is 48.6. The van der Waals surface area contributed by atoms with Gasteiger partial charge in [0.2, 0.25) is 0 Å². The summed E-state index contributed by atoms with van der Waals surface area (Å²) in [5, 5.41) is 0.206. The molecule has 18 nitrogen and oxygen atoms in total. The summed E-state index contributed by atoms with van der Waals surface area (Å²) in [6.07, 6.45) is 2.01. The molecule has 0 aromatic heterocycles.